The van der Waals surface area contributed by atoms with E-state index in [0.717, 1.165) is 11.3 Å². The summed E-state index contributed by atoms with van der Waals surface area (Å²) in [7, 11) is 1.92. The number of halogens is 1. The van der Waals surface area contributed by atoms with E-state index in [1.807, 2.05) is 49.2 Å². The second-order valence-electron chi connectivity index (χ2n) is 4.62. The lowest BCUT2D eigenvalue weighted by Gasteiger charge is -2.22. The molecular formula is C16H19FN2O. The summed E-state index contributed by atoms with van der Waals surface area (Å²) in [5, 5.41) is 0. The molecule has 0 aliphatic rings. The Labute approximate surface area is 118 Å². The Hall–Kier alpha value is -2.23. The van der Waals surface area contributed by atoms with Gasteiger partial charge in [0.25, 0.3) is 0 Å². The van der Waals surface area contributed by atoms with Crippen LogP contribution in [0.5, 0.6) is 5.75 Å². The molecule has 0 radical (unpaired) electrons. The van der Waals surface area contributed by atoms with Gasteiger partial charge in [0.2, 0.25) is 0 Å². The number of nitrogens with two attached hydrogens (primary N) is 1. The van der Waals surface area contributed by atoms with E-state index >= 15 is 0 Å². The van der Waals surface area contributed by atoms with Crippen LogP contribution in [0.15, 0.2) is 42.5 Å². The maximum absolute atomic E-state index is 13.7. The van der Waals surface area contributed by atoms with Crippen molar-refractivity contribution < 1.29 is 9.13 Å². The van der Waals surface area contributed by atoms with Crippen LogP contribution in [0.1, 0.15) is 12.5 Å². The van der Waals surface area contributed by atoms with E-state index in [0.29, 0.717) is 18.8 Å². The maximum atomic E-state index is 13.7. The summed E-state index contributed by atoms with van der Waals surface area (Å²) in [5.74, 6) is -0.196. The Kier molecular flexibility index (Phi) is 4.45. The molecule has 106 valence electrons. The van der Waals surface area contributed by atoms with Crippen molar-refractivity contribution in [2.45, 2.75) is 13.5 Å². The fourth-order valence-corrected chi connectivity index (χ4v) is 2.10. The van der Waals surface area contributed by atoms with E-state index in [2.05, 4.69) is 0 Å². The standard InChI is InChI=1S/C16H19FN2O/c1-3-20-16-10-15(14(18)9-13(16)17)19(2)11-12-7-5-4-6-8-12/h4-10H,3,11,18H2,1-2H3. The van der Waals surface area contributed by atoms with Crippen molar-refractivity contribution in [2.75, 3.05) is 24.3 Å². The molecule has 0 bridgehead atoms. The molecule has 4 heteroatoms. The van der Waals surface area contributed by atoms with Gasteiger partial charge in [0, 0.05) is 25.7 Å². The molecule has 2 N–H and O–H groups in total. The largest absolute Gasteiger partial charge is 0.491 e. The Morgan fingerprint density at radius 2 is 1.90 bits per heavy atom. The number of hydrogen-bond donors (Lipinski definition) is 1. The lowest BCUT2D eigenvalue weighted by atomic mass is 10.2. The molecule has 0 aliphatic heterocycles. The van der Waals surface area contributed by atoms with Gasteiger partial charge in [0.15, 0.2) is 11.6 Å². The highest BCUT2D eigenvalue weighted by atomic mass is 19.1. The fraction of sp³-hybridized carbons (Fsp3) is 0.250. The fourth-order valence-electron chi connectivity index (χ4n) is 2.10. The van der Waals surface area contributed by atoms with E-state index in [4.69, 9.17) is 10.5 Å². The molecule has 0 saturated heterocycles. The minimum atomic E-state index is -0.429. The van der Waals surface area contributed by atoms with Crippen molar-refractivity contribution in [3.05, 3.63) is 53.8 Å². The van der Waals surface area contributed by atoms with E-state index in [-0.39, 0.29) is 5.75 Å². The van der Waals surface area contributed by atoms with Crippen LogP contribution in [0.2, 0.25) is 0 Å². The Morgan fingerprint density at radius 3 is 2.55 bits per heavy atom. The number of hydrogen-bond acceptors (Lipinski definition) is 3. The normalized spacial score (nSPS) is 10.3. The number of anilines is 2. The van der Waals surface area contributed by atoms with Gasteiger partial charge in [-0.1, -0.05) is 30.3 Å². The third-order valence-electron chi connectivity index (χ3n) is 3.05. The Morgan fingerprint density at radius 1 is 1.20 bits per heavy atom. The van der Waals surface area contributed by atoms with Crippen molar-refractivity contribution in [1.29, 1.82) is 0 Å². The number of benzene rings is 2. The van der Waals surface area contributed by atoms with Crippen LogP contribution < -0.4 is 15.4 Å². The van der Waals surface area contributed by atoms with Crippen LogP contribution in [0.4, 0.5) is 15.8 Å². The summed E-state index contributed by atoms with van der Waals surface area (Å²) < 4.78 is 19.0. The van der Waals surface area contributed by atoms with Gasteiger partial charge < -0.3 is 15.4 Å². The highest BCUT2D eigenvalue weighted by Crippen LogP contribution is 2.31. The summed E-state index contributed by atoms with van der Waals surface area (Å²) >= 11 is 0. The lowest BCUT2D eigenvalue weighted by molar-refractivity contribution is 0.322. The summed E-state index contributed by atoms with van der Waals surface area (Å²) in [5.41, 5.74) is 8.24. The molecule has 0 atom stereocenters. The van der Waals surface area contributed by atoms with Crippen molar-refractivity contribution in [3.8, 4) is 5.75 Å². The molecule has 0 amide bonds. The van der Waals surface area contributed by atoms with Crippen LogP contribution in [0.25, 0.3) is 0 Å². The van der Waals surface area contributed by atoms with Crippen LogP contribution in [-0.2, 0) is 6.54 Å². The lowest BCUT2D eigenvalue weighted by Crippen LogP contribution is -2.18. The van der Waals surface area contributed by atoms with Crippen molar-refractivity contribution in [3.63, 3.8) is 0 Å². The first-order valence-electron chi connectivity index (χ1n) is 6.58. The quantitative estimate of drug-likeness (QED) is 0.849. The second kappa shape index (κ2) is 6.28. The average Bonchev–Trinajstić information content (AvgIpc) is 2.43. The van der Waals surface area contributed by atoms with E-state index < -0.39 is 5.82 Å². The van der Waals surface area contributed by atoms with Gasteiger partial charge >= 0.3 is 0 Å². The van der Waals surface area contributed by atoms with Crippen molar-refractivity contribution in [2.24, 2.45) is 0 Å². The highest BCUT2D eigenvalue weighted by Gasteiger charge is 2.12. The Bertz CT molecular complexity index is 572. The zero-order valence-electron chi connectivity index (χ0n) is 11.8. The third kappa shape index (κ3) is 3.20. The van der Waals surface area contributed by atoms with Gasteiger partial charge in [-0.05, 0) is 12.5 Å². The molecule has 0 fully saturated rings. The van der Waals surface area contributed by atoms with Gasteiger partial charge in [-0.3, -0.25) is 0 Å². The smallest absolute Gasteiger partial charge is 0.167 e. The summed E-state index contributed by atoms with van der Waals surface area (Å²) in [6.45, 7) is 2.94. The number of nitrogen functional groups attached to an aromatic ring is 1. The molecule has 2 aromatic rings. The average molecular weight is 274 g/mol. The molecule has 0 spiro atoms. The molecule has 0 unspecified atom stereocenters. The topological polar surface area (TPSA) is 38.5 Å². The monoisotopic (exact) mass is 274 g/mol. The minimum Gasteiger partial charge on any atom is -0.491 e. The van der Waals surface area contributed by atoms with Crippen molar-refractivity contribution in [1.82, 2.24) is 0 Å². The van der Waals surface area contributed by atoms with Gasteiger partial charge in [0.05, 0.1) is 18.0 Å². The third-order valence-corrected chi connectivity index (χ3v) is 3.05. The molecule has 3 nitrogen and oxygen atoms in total. The zero-order valence-corrected chi connectivity index (χ0v) is 11.8. The summed E-state index contributed by atoms with van der Waals surface area (Å²) in [4.78, 5) is 1.98. The second-order valence-corrected chi connectivity index (χ2v) is 4.62. The first-order valence-corrected chi connectivity index (χ1v) is 6.58. The van der Waals surface area contributed by atoms with Crippen LogP contribution in [0, 0.1) is 5.82 Å². The van der Waals surface area contributed by atoms with Crippen molar-refractivity contribution >= 4 is 11.4 Å². The van der Waals surface area contributed by atoms with Gasteiger partial charge in [-0.15, -0.1) is 0 Å². The maximum Gasteiger partial charge on any atom is 0.167 e. The van der Waals surface area contributed by atoms with E-state index in [9.17, 15) is 4.39 Å². The van der Waals surface area contributed by atoms with Gasteiger partial charge in [-0.2, -0.15) is 0 Å². The summed E-state index contributed by atoms with van der Waals surface area (Å²) in [6, 6.07) is 13.0. The van der Waals surface area contributed by atoms with Crippen LogP contribution >= 0.6 is 0 Å². The number of nitrogens with zero attached hydrogens (tertiary/aromatic N) is 1. The highest BCUT2D eigenvalue weighted by molar-refractivity contribution is 5.69. The first kappa shape index (κ1) is 14.2. The predicted octanol–water partition coefficient (Wildman–Crippen LogP) is 3.44. The Balaban J connectivity index is 2.25. The number of ether oxygens (including phenoxy) is 1. The zero-order chi connectivity index (χ0) is 14.5. The molecule has 0 saturated carbocycles. The molecule has 0 aliphatic carbocycles. The molecule has 0 heterocycles. The van der Waals surface area contributed by atoms with E-state index in [1.165, 1.54) is 6.07 Å². The summed E-state index contributed by atoms with van der Waals surface area (Å²) in [6.07, 6.45) is 0. The van der Waals surface area contributed by atoms with Crippen LogP contribution in [-0.4, -0.2) is 13.7 Å². The van der Waals surface area contributed by atoms with Gasteiger partial charge in [-0.25, -0.2) is 4.39 Å². The minimum absolute atomic E-state index is 0.233. The molecular weight excluding hydrogens is 255 g/mol. The number of rotatable bonds is 5. The molecule has 0 aromatic heterocycles. The van der Waals surface area contributed by atoms with Gasteiger partial charge in [0.1, 0.15) is 0 Å². The predicted molar refractivity (Wildman–Crippen MR) is 80.5 cm³/mol. The van der Waals surface area contributed by atoms with Crippen LogP contribution in [0.3, 0.4) is 0 Å². The molecule has 2 aromatic carbocycles. The molecule has 2 rings (SSSR count). The van der Waals surface area contributed by atoms with E-state index in [1.54, 1.807) is 6.07 Å². The SMILES string of the molecule is CCOc1cc(N(C)Cc2ccccc2)c(N)cc1F. The molecule has 20 heavy (non-hydrogen) atoms. The first-order chi connectivity index (χ1) is 9.61.